The van der Waals surface area contributed by atoms with E-state index in [0.29, 0.717) is 6.42 Å². The van der Waals surface area contributed by atoms with E-state index in [0.717, 1.165) is 6.42 Å². The van der Waals surface area contributed by atoms with Gasteiger partial charge >= 0.3 is 5.97 Å². The third-order valence-electron chi connectivity index (χ3n) is 2.51. The van der Waals surface area contributed by atoms with Crippen molar-refractivity contribution in [3.05, 3.63) is 12.2 Å². The van der Waals surface area contributed by atoms with E-state index >= 15 is 0 Å². The minimum absolute atomic E-state index is 0.0130. The minimum atomic E-state index is -0.773. The maximum absolute atomic E-state index is 11.1. The molecule has 80 valence electrons. The molecule has 1 aliphatic rings. The van der Waals surface area contributed by atoms with E-state index in [1.165, 1.54) is 14.2 Å². The average molecular weight is 200 g/mol. The molecule has 0 fully saturated rings. The number of esters is 1. The smallest absolute Gasteiger partial charge is 0.312 e. The number of ether oxygens (including phenoxy) is 2. The Kier molecular flexibility index (Phi) is 4.10. The molecule has 3 unspecified atom stereocenters. The van der Waals surface area contributed by atoms with Crippen LogP contribution >= 0.6 is 0 Å². The molecule has 1 rings (SSSR count). The molecule has 4 nitrogen and oxygen atoms in total. The van der Waals surface area contributed by atoms with E-state index in [4.69, 9.17) is 4.74 Å². The van der Waals surface area contributed by atoms with Crippen LogP contribution in [0.4, 0.5) is 0 Å². The number of hydrogen-bond donors (Lipinski definition) is 1. The third-order valence-corrected chi connectivity index (χ3v) is 2.51. The fourth-order valence-electron chi connectivity index (χ4n) is 1.60. The molecule has 0 spiro atoms. The van der Waals surface area contributed by atoms with Gasteiger partial charge in [0.25, 0.3) is 0 Å². The maximum atomic E-state index is 11.1. The quantitative estimate of drug-likeness (QED) is 0.414. The number of hydrogen-bond acceptors (Lipinski definition) is 4. The number of methoxy groups -OCH3 is 2. The molecule has 0 heterocycles. The molecule has 0 saturated heterocycles. The molecular formula is C10H16O4. The molecule has 0 aromatic rings. The van der Waals surface area contributed by atoms with Crippen molar-refractivity contribution in [2.75, 3.05) is 14.2 Å². The second-order valence-corrected chi connectivity index (χ2v) is 3.38. The number of rotatable bonds is 3. The summed E-state index contributed by atoms with van der Waals surface area (Å²) in [5, 5.41) is 9.38. The molecule has 3 atom stereocenters. The van der Waals surface area contributed by atoms with Crippen molar-refractivity contribution in [3.8, 4) is 0 Å². The van der Waals surface area contributed by atoms with Crippen LogP contribution in [0.5, 0.6) is 0 Å². The van der Waals surface area contributed by atoms with Crippen molar-refractivity contribution in [3.63, 3.8) is 0 Å². The molecule has 4 heteroatoms. The van der Waals surface area contributed by atoms with Gasteiger partial charge in [0.2, 0.25) is 0 Å². The summed E-state index contributed by atoms with van der Waals surface area (Å²) in [6.45, 7) is 0. The van der Waals surface area contributed by atoms with E-state index in [9.17, 15) is 9.90 Å². The minimum Gasteiger partial charge on any atom is -0.469 e. The van der Waals surface area contributed by atoms with Gasteiger partial charge in [-0.3, -0.25) is 4.79 Å². The molecule has 0 aliphatic heterocycles. The monoisotopic (exact) mass is 200 g/mol. The summed E-state index contributed by atoms with van der Waals surface area (Å²) in [6, 6.07) is 0. The molecule has 14 heavy (non-hydrogen) atoms. The van der Waals surface area contributed by atoms with Crippen LogP contribution in [-0.2, 0) is 14.3 Å². The second kappa shape index (κ2) is 5.12. The zero-order chi connectivity index (χ0) is 10.6. The van der Waals surface area contributed by atoms with Gasteiger partial charge in [0.1, 0.15) is 0 Å². The highest BCUT2D eigenvalue weighted by molar-refractivity contribution is 5.74. The lowest BCUT2D eigenvalue weighted by Crippen LogP contribution is -2.26. The molecule has 0 bridgehead atoms. The topological polar surface area (TPSA) is 55.8 Å². The SMILES string of the molecule is COC(=O)C1C=CC(C(O)OC)CC1. The van der Waals surface area contributed by atoms with Crippen LogP contribution in [0.15, 0.2) is 12.2 Å². The van der Waals surface area contributed by atoms with Gasteiger partial charge in [0.15, 0.2) is 6.29 Å². The number of carbonyl (C=O) groups is 1. The van der Waals surface area contributed by atoms with Gasteiger partial charge in [-0.2, -0.15) is 0 Å². The first-order valence-electron chi connectivity index (χ1n) is 4.66. The first-order chi connectivity index (χ1) is 6.69. The van der Waals surface area contributed by atoms with Crippen molar-refractivity contribution in [2.45, 2.75) is 19.1 Å². The van der Waals surface area contributed by atoms with Crippen LogP contribution in [0, 0.1) is 11.8 Å². The summed E-state index contributed by atoms with van der Waals surface area (Å²) in [4.78, 5) is 11.1. The van der Waals surface area contributed by atoms with Crippen molar-refractivity contribution in [1.29, 1.82) is 0 Å². The van der Waals surface area contributed by atoms with Crippen LogP contribution in [0.25, 0.3) is 0 Å². The lowest BCUT2D eigenvalue weighted by atomic mass is 9.88. The van der Waals surface area contributed by atoms with E-state index in [1.54, 1.807) is 6.08 Å². The van der Waals surface area contributed by atoms with Gasteiger partial charge in [0.05, 0.1) is 13.0 Å². The zero-order valence-electron chi connectivity index (χ0n) is 8.47. The van der Waals surface area contributed by atoms with Gasteiger partial charge in [-0.25, -0.2) is 0 Å². The summed E-state index contributed by atoms with van der Waals surface area (Å²) < 4.78 is 9.43. The molecule has 1 N–H and O–H groups in total. The Labute approximate surface area is 83.5 Å². The molecule has 0 radical (unpaired) electrons. The Bertz CT molecular complexity index is 224. The van der Waals surface area contributed by atoms with Crippen molar-refractivity contribution < 1.29 is 19.4 Å². The fraction of sp³-hybridized carbons (Fsp3) is 0.700. The van der Waals surface area contributed by atoms with Gasteiger partial charge in [-0.15, -0.1) is 0 Å². The summed E-state index contributed by atoms with van der Waals surface area (Å²) in [7, 11) is 2.84. The van der Waals surface area contributed by atoms with Crippen LogP contribution in [0.3, 0.4) is 0 Å². The van der Waals surface area contributed by atoms with Gasteiger partial charge in [-0.05, 0) is 12.8 Å². The maximum Gasteiger partial charge on any atom is 0.312 e. The highest BCUT2D eigenvalue weighted by Gasteiger charge is 2.25. The van der Waals surface area contributed by atoms with Gasteiger partial charge < -0.3 is 14.6 Å². The molecular weight excluding hydrogens is 184 g/mol. The van der Waals surface area contributed by atoms with Crippen molar-refractivity contribution >= 4 is 5.97 Å². The van der Waals surface area contributed by atoms with E-state index < -0.39 is 6.29 Å². The summed E-state index contributed by atoms with van der Waals surface area (Å²) in [5.41, 5.74) is 0. The average Bonchev–Trinajstić information content (AvgIpc) is 2.27. The number of aliphatic hydroxyl groups is 1. The van der Waals surface area contributed by atoms with Crippen LogP contribution in [0.2, 0.25) is 0 Å². The van der Waals surface area contributed by atoms with E-state index in [-0.39, 0.29) is 17.8 Å². The number of aliphatic hydroxyl groups excluding tert-OH is 1. The fourth-order valence-corrected chi connectivity index (χ4v) is 1.60. The van der Waals surface area contributed by atoms with Crippen LogP contribution < -0.4 is 0 Å². The summed E-state index contributed by atoms with van der Waals surface area (Å²) in [5.74, 6) is -0.396. The highest BCUT2D eigenvalue weighted by Crippen LogP contribution is 2.25. The molecule has 0 aromatic carbocycles. The normalized spacial score (nSPS) is 28.5. The summed E-state index contributed by atoms with van der Waals surface area (Å²) >= 11 is 0. The Morgan fingerprint density at radius 3 is 2.57 bits per heavy atom. The van der Waals surface area contributed by atoms with Crippen molar-refractivity contribution in [2.24, 2.45) is 11.8 Å². The van der Waals surface area contributed by atoms with Crippen molar-refractivity contribution in [1.82, 2.24) is 0 Å². The Morgan fingerprint density at radius 1 is 1.43 bits per heavy atom. The first-order valence-corrected chi connectivity index (χ1v) is 4.66. The largest absolute Gasteiger partial charge is 0.469 e. The Hall–Kier alpha value is -0.870. The third kappa shape index (κ3) is 2.56. The first kappa shape index (κ1) is 11.2. The van der Waals surface area contributed by atoms with Crippen LogP contribution in [0.1, 0.15) is 12.8 Å². The zero-order valence-corrected chi connectivity index (χ0v) is 8.47. The predicted molar refractivity (Wildman–Crippen MR) is 50.4 cm³/mol. The van der Waals surface area contributed by atoms with Crippen LogP contribution in [-0.4, -0.2) is 31.6 Å². The standard InChI is InChI=1S/C10H16O4/c1-13-9(11)7-3-5-8(6-4-7)10(12)14-2/h3,5,7-9,11H,4,6H2,1-2H3. The Balaban J connectivity index is 2.51. The number of carbonyl (C=O) groups excluding carboxylic acids is 1. The summed E-state index contributed by atoms with van der Waals surface area (Å²) in [6.07, 6.45) is 4.27. The molecule has 0 aromatic heterocycles. The Morgan fingerprint density at radius 2 is 2.14 bits per heavy atom. The molecule has 0 amide bonds. The highest BCUT2D eigenvalue weighted by atomic mass is 16.6. The lowest BCUT2D eigenvalue weighted by Gasteiger charge is -2.24. The van der Waals surface area contributed by atoms with Gasteiger partial charge in [-0.1, -0.05) is 12.2 Å². The predicted octanol–water partition coefficient (Wildman–Crippen LogP) is 0.707. The van der Waals surface area contributed by atoms with E-state index in [1.807, 2.05) is 6.08 Å². The second-order valence-electron chi connectivity index (χ2n) is 3.38. The lowest BCUT2D eigenvalue weighted by molar-refractivity contribution is -0.145. The van der Waals surface area contributed by atoms with Gasteiger partial charge in [0, 0.05) is 13.0 Å². The van der Waals surface area contributed by atoms with E-state index in [2.05, 4.69) is 4.74 Å². The molecule has 0 saturated carbocycles. The molecule has 1 aliphatic carbocycles.